The normalized spacial score (nSPS) is 34.4. The van der Waals surface area contributed by atoms with E-state index in [-0.39, 0.29) is 36.1 Å². The van der Waals surface area contributed by atoms with Crippen LogP contribution in [0.1, 0.15) is 18.4 Å². The Morgan fingerprint density at radius 3 is 2.62 bits per heavy atom. The molecule has 5 atom stereocenters. The van der Waals surface area contributed by atoms with Crippen molar-refractivity contribution in [3.63, 3.8) is 0 Å². The van der Waals surface area contributed by atoms with Crippen molar-refractivity contribution < 1.29 is 23.5 Å². The van der Waals surface area contributed by atoms with Gasteiger partial charge in [0.15, 0.2) is 0 Å². The van der Waals surface area contributed by atoms with Crippen molar-refractivity contribution in [2.24, 2.45) is 11.8 Å². The number of hydrogen-bond donors (Lipinski definition) is 2. The number of nitrogens with one attached hydrogen (secondary N) is 2. The number of nitrogens with zero attached hydrogens (tertiary/aromatic N) is 1. The lowest BCUT2D eigenvalue weighted by Crippen LogP contribution is -2.55. The van der Waals surface area contributed by atoms with E-state index < -0.39 is 29.6 Å². The highest BCUT2D eigenvalue weighted by molar-refractivity contribution is 6.00. The van der Waals surface area contributed by atoms with Crippen LogP contribution in [0.2, 0.25) is 0 Å². The third kappa shape index (κ3) is 2.62. The van der Waals surface area contributed by atoms with Crippen LogP contribution in [-0.4, -0.2) is 53.5 Å². The monoisotopic (exact) mass is 399 g/mol. The summed E-state index contributed by atoms with van der Waals surface area (Å²) >= 11 is 0. The number of carbonyl (C=O) groups is 3. The number of likely N-dealkylation sites (tertiary alicyclic amines) is 1. The largest absolute Gasteiger partial charge is 0.359 e. The van der Waals surface area contributed by atoms with Crippen LogP contribution in [-0.2, 0) is 25.7 Å². The van der Waals surface area contributed by atoms with Crippen LogP contribution in [0.25, 0.3) is 0 Å². The molecule has 4 aliphatic rings. The number of fused-ring (bicyclic) bond motifs is 1. The van der Waals surface area contributed by atoms with Gasteiger partial charge in [0.05, 0.1) is 17.9 Å². The average molecular weight is 399 g/mol. The number of carbonyl (C=O) groups excluding carboxylic acids is 3. The van der Waals surface area contributed by atoms with Crippen LogP contribution in [0, 0.1) is 17.7 Å². The number of halogens is 1. The second-order valence-corrected chi connectivity index (χ2v) is 8.14. The number of benzene rings is 1. The van der Waals surface area contributed by atoms with Crippen LogP contribution in [0.15, 0.2) is 36.4 Å². The van der Waals surface area contributed by atoms with E-state index in [1.165, 1.54) is 19.2 Å². The Morgan fingerprint density at radius 1 is 1.24 bits per heavy atom. The smallest absolute Gasteiger partial charge is 0.246 e. The molecule has 0 unspecified atom stereocenters. The lowest BCUT2D eigenvalue weighted by molar-refractivity contribution is -0.142. The van der Waals surface area contributed by atoms with E-state index in [1.807, 2.05) is 0 Å². The van der Waals surface area contributed by atoms with Gasteiger partial charge in [0.2, 0.25) is 17.7 Å². The maximum Gasteiger partial charge on any atom is 0.246 e. The van der Waals surface area contributed by atoms with Gasteiger partial charge in [-0.25, -0.2) is 4.39 Å². The zero-order valence-electron chi connectivity index (χ0n) is 15.9. The van der Waals surface area contributed by atoms with E-state index in [2.05, 4.69) is 10.6 Å². The summed E-state index contributed by atoms with van der Waals surface area (Å²) in [4.78, 5) is 40.7. The number of hydrogen-bond acceptors (Lipinski definition) is 4. The Hall–Kier alpha value is -2.74. The molecule has 0 aromatic heterocycles. The summed E-state index contributed by atoms with van der Waals surface area (Å²) in [5.41, 5.74) is -0.361. The molecule has 1 aromatic rings. The van der Waals surface area contributed by atoms with Gasteiger partial charge < -0.3 is 20.3 Å². The van der Waals surface area contributed by atoms with Crippen LogP contribution < -0.4 is 10.6 Å². The fraction of sp³-hybridized carbons (Fsp3) is 0.476. The van der Waals surface area contributed by atoms with Gasteiger partial charge in [0.1, 0.15) is 17.5 Å². The first-order chi connectivity index (χ1) is 14.0. The quantitative estimate of drug-likeness (QED) is 0.706. The van der Waals surface area contributed by atoms with E-state index in [0.717, 1.165) is 18.4 Å². The zero-order chi connectivity index (χ0) is 20.3. The first-order valence-corrected chi connectivity index (χ1v) is 9.89. The second-order valence-electron chi connectivity index (χ2n) is 8.14. The van der Waals surface area contributed by atoms with Gasteiger partial charge in [0, 0.05) is 19.6 Å². The standard InChI is InChI=1S/C21H22FN3O4/c1-23-18(26)15-14-8-9-21(29-14)16(15)20(28)25(13-6-7-13)17(21)19(27)24-10-11-2-4-12(22)5-3-11/h2-5,8-9,13-17H,6-7,10H2,1H3,(H,23,26)(H,24,27)/t14-,15-,16-,17-,21-/m0/s1. The van der Waals surface area contributed by atoms with Crippen molar-refractivity contribution in [1.29, 1.82) is 0 Å². The van der Waals surface area contributed by atoms with Gasteiger partial charge in [-0.3, -0.25) is 14.4 Å². The Kier molecular flexibility index (Phi) is 4.03. The van der Waals surface area contributed by atoms with Crippen molar-refractivity contribution in [1.82, 2.24) is 15.5 Å². The first-order valence-electron chi connectivity index (χ1n) is 9.89. The molecule has 152 valence electrons. The number of ether oxygens (including phenoxy) is 1. The summed E-state index contributed by atoms with van der Waals surface area (Å²) in [5, 5.41) is 5.49. The molecule has 29 heavy (non-hydrogen) atoms. The molecule has 5 rings (SSSR count). The van der Waals surface area contributed by atoms with Gasteiger partial charge in [-0.1, -0.05) is 24.3 Å². The van der Waals surface area contributed by atoms with Gasteiger partial charge in [0.25, 0.3) is 0 Å². The SMILES string of the molecule is CNC(=O)[C@H]1[C@@H]2C=C[C@]3(O2)[C@@H]1C(=O)N(C1CC1)[C@H]3C(=O)NCc1ccc(F)cc1. The van der Waals surface area contributed by atoms with Crippen LogP contribution in [0.4, 0.5) is 4.39 Å². The highest BCUT2D eigenvalue weighted by Crippen LogP contribution is 2.56. The minimum absolute atomic E-state index is 0.00503. The molecule has 2 bridgehead atoms. The maximum absolute atomic E-state index is 13.3. The van der Waals surface area contributed by atoms with Crippen LogP contribution >= 0.6 is 0 Å². The molecule has 7 nitrogen and oxygen atoms in total. The molecule has 1 spiro atoms. The fourth-order valence-electron chi connectivity index (χ4n) is 5.01. The van der Waals surface area contributed by atoms with Crippen LogP contribution in [0.5, 0.6) is 0 Å². The topological polar surface area (TPSA) is 87.7 Å². The molecule has 1 aromatic carbocycles. The Bertz CT molecular complexity index is 913. The summed E-state index contributed by atoms with van der Waals surface area (Å²) < 4.78 is 19.3. The molecule has 3 aliphatic heterocycles. The van der Waals surface area contributed by atoms with E-state index in [1.54, 1.807) is 29.2 Å². The summed E-state index contributed by atoms with van der Waals surface area (Å²) in [5.74, 6) is -2.42. The molecule has 1 aliphatic carbocycles. The summed E-state index contributed by atoms with van der Waals surface area (Å²) in [6.07, 6.45) is 4.77. The molecular weight excluding hydrogens is 377 g/mol. The summed E-state index contributed by atoms with van der Waals surface area (Å²) in [6.45, 7) is 0.217. The van der Waals surface area contributed by atoms with Crippen molar-refractivity contribution in [3.8, 4) is 0 Å². The third-order valence-electron chi connectivity index (χ3n) is 6.43. The highest BCUT2D eigenvalue weighted by atomic mass is 19.1. The van der Waals surface area contributed by atoms with Crippen molar-refractivity contribution in [2.45, 2.75) is 43.2 Å². The molecular formula is C21H22FN3O4. The van der Waals surface area contributed by atoms with Crippen molar-refractivity contribution >= 4 is 17.7 Å². The zero-order valence-corrected chi connectivity index (χ0v) is 15.9. The average Bonchev–Trinajstić information content (AvgIpc) is 3.32. The lowest BCUT2D eigenvalue weighted by atomic mass is 9.74. The van der Waals surface area contributed by atoms with Gasteiger partial charge in [-0.15, -0.1) is 0 Å². The summed E-state index contributed by atoms with van der Waals surface area (Å²) in [6, 6.07) is 5.08. The van der Waals surface area contributed by atoms with E-state index in [9.17, 15) is 18.8 Å². The molecule has 0 radical (unpaired) electrons. The molecule has 3 fully saturated rings. The van der Waals surface area contributed by atoms with Crippen molar-refractivity contribution in [3.05, 3.63) is 47.8 Å². The lowest BCUT2D eigenvalue weighted by Gasteiger charge is -2.32. The number of rotatable bonds is 5. The third-order valence-corrected chi connectivity index (χ3v) is 6.43. The van der Waals surface area contributed by atoms with Crippen molar-refractivity contribution in [2.75, 3.05) is 7.05 Å². The van der Waals surface area contributed by atoms with Crippen LogP contribution in [0.3, 0.4) is 0 Å². The van der Waals surface area contributed by atoms with Gasteiger partial charge in [-0.2, -0.15) is 0 Å². The Morgan fingerprint density at radius 2 is 1.97 bits per heavy atom. The highest BCUT2D eigenvalue weighted by Gasteiger charge is 2.73. The maximum atomic E-state index is 13.3. The minimum atomic E-state index is -1.12. The molecule has 2 saturated heterocycles. The first kappa shape index (κ1) is 18.3. The second kappa shape index (κ2) is 6.38. The fourth-order valence-corrected chi connectivity index (χ4v) is 5.01. The van der Waals surface area contributed by atoms with Gasteiger partial charge in [-0.05, 0) is 30.5 Å². The number of amides is 3. The Labute approximate surface area is 167 Å². The van der Waals surface area contributed by atoms with E-state index in [4.69, 9.17) is 4.74 Å². The predicted octanol–water partition coefficient (Wildman–Crippen LogP) is 0.501. The van der Waals surface area contributed by atoms with E-state index in [0.29, 0.717) is 0 Å². The molecule has 3 heterocycles. The Balaban J connectivity index is 1.44. The molecule has 1 saturated carbocycles. The molecule has 2 N–H and O–H groups in total. The summed E-state index contributed by atoms with van der Waals surface area (Å²) in [7, 11) is 1.54. The minimum Gasteiger partial charge on any atom is -0.359 e. The molecule has 8 heteroatoms. The van der Waals surface area contributed by atoms with E-state index >= 15 is 0 Å². The predicted molar refractivity (Wildman–Crippen MR) is 99.7 cm³/mol. The molecule has 3 amide bonds. The van der Waals surface area contributed by atoms with Gasteiger partial charge >= 0.3 is 0 Å².